The highest BCUT2D eigenvalue weighted by Gasteiger charge is 2.27. The van der Waals surface area contributed by atoms with Crippen molar-refractivity contribution in [3.63, 3.8) is 0 Å². The lowest BCUT2D eigenvalue weighted by molar-refractivity contribution is -0.130. The summed E-state index contributed by atoms with van der Waals surface area (Å²) in [5.74, 6) is 0.0316. The van der Waals surface area contributed by atoms with Gasteiger partial charge in [-0.25, -0.2) is 0 Å². The van der Waals surface area contributed by atoms with Gasteiger partial charge >= 0.3 is 0 Å². The monoisotopic (exact) mass is 270 g/mol. The van der Waals surface area contributed by atoms with Crippen LogP contribution < -0.4 is 5.32 Å². The van der Waals surface area contributed by atoms with Gasteiger partial charge < -0.3 is 10.1 Å². The van der Waals surface area contributed by atoms with E-state index in [-0.39, 0.29) is 35.8 Å². The molecule has 0 aromatic carbocycles. The average molecular weight is 270 g/mol. The van der Waals surface area contributed by atoms with E-state index in [9.17, 15) is 9.59 Å². The van der Waals surface area contributed by atoms with Crippen LogP contribution in [0, 0.1) is 5.92 Å². The van der Waals surface area contributed by atoms with Crippen molar-refractivity contribution in [2.45, 2.75) is 52.8 Å². The lowest BCUT2D eigenvalue weighted by Crippen LogP contribution is -2.53. The maximum absolute atomic E-state index is 12.0. The molecule has 0 aromatic rings. The van der Waals surface area contributed by atoms with Gasteiger partial charge in [0.25, 0.3) is 0 Å². The van der Waals surface area contributed by atoms with Gasteiger partial charge in [0, 0.05) is 12.6 Å². The Morgan fingerprint density at radius 2 is 2.00 bits per heavy atom. The van der Waals surface area contributed by atoms with E-state index in [2.05, 4.69) is 10.2 Å². The Balaban J connectivity index is 2.51. The Bertz CT molecular complexity index is 331. The summed E-state index contributed by atoms with van der Waals surface area (Å²) in [4.78, 5) is 25.6. The van der Waals surface area contributed by atoms with E-state index in [1.807, 2.05) is 27.7 Å². The minimum Gasteiger partial charge on any atom is -0.376 e. The maximum atomic E-state index is 12.0. The summed E-state index contributed by atoms with van der Waals surface area (Å²) in [6.45, 7) is 11.2. The summed E-state index contributed by atoms with van der Waals surface area (Å²) >= 11 is 0. The van der Waals surface area contributed by atoms with Crippen molar-refractivity contribution in [3.05, 3.63) is 0 Å². The van der Waals surface area contributed by atoms with Crippen LogP contribution >= 0.6 is 0 Å². The molecule has 0 unspecified atom stereocenters. The van der Waals surface area contributed by atoms with Crippen LogP contribution in [0.2, 0.25) is 0 Å². The molecule has 1 amide bonds. The van der Waals surface area contributed by atoms with Gasteiger partial charge in [0.15, 0.2) is 5.78 Å². The molecule has 1 N–H and O–H groups in total. The number of morpholine rings is 1. The topological polar surface area (TPSA) is 58.6 Å². The standard InChI is InChI=1S/C14H26N2O3/c1-9(2)14(12(5)17)15-13(18)7-16-6-11(4)19-8-10(16)3/h9-11,14H,6-8H2,1-5H3,(H,15,18)/t10-,11+,14-/m1/s1. The van der Waals surface area contributed by atoms with E-state index in [0.717, 1.165) is 6.54 Å². The molecule has 0 aliphatic carbocycles. The highest BCUT2D eigenvalue weighted by Crippen LogP contribution is 2.11. The van der Waals surface area contributed by atoms with Crippen LogP contribution in [-0.4, -0.2) is 54.5 Å². The fraction of sp³-hybridized carbons (Fsp3) is 0.857. The highest BCUT2D eigenvalue weighted by atomic mass is 16.5. The predicted octanol–water partition coefficient (Wildman–Crippen LogP) is 0.825. The molecule has 1 aliphatic rings. The van der Waals surface area contributed by atoms with E-state index in [1.54, 1.807) is 0 Å². The Morgan fingerprint density at radius 3 is 2.53 bits per heavy atom. The van der Waals surface area contributed by atoms with Crippen LogP contribution in [0.5, 0.6) is 0 Å². The largest absolute Gasteiger partial charge is 0.376 e. The molecule has 1 aliphatic heterocycles. The van der Waals surface area contributed by atoms with Crippen LogP contribution in [0.25, 0.3) is 0 Å². The quantitative estimate of drug-likeness (QED) is 0.804. The minimum atomic E-state index is -0.388. The summed E-state index contributed by atoms with van der Waals surface area (Å²) in [6.07, 6.45) is 0.151. The van der Waals surface area contributed by atoms with Gasteiger partial charge in [-0.15, -0.1) is 0 Å². The number of nitrogens with zero attached hydrogens (tertiary/aromatic N) is 1. The number of amides is 1. The van der Waals surface area contributed by atoms with E-state index in [0.29, 0.717) is 13.2 Å². The summed E-state index contributed by atoms with van der Waals surface area (Å²) in [6, 6.07) is -0.155. The highest BCUT2D eigenvalue weighted by molar-refractivity contribution is 5.88. The first kappa shape index (κ1) is 16.1. The summed E-state index contributed by atoms with van der Waals surface area (Å²) in [5, 5.41) is 2.83. The van der Waals surface area contributed by atoms with Crippen molar-refractivity contribution in [3.8, 4) is 0 Å². The van der Waals surface area contributed by atoms with E-state index in [1.165, 1.54) is 6.92 Å². The maximum Gasteiger partial charge on any atom is 0.234 e. The van der Waals surface area contributed by atoms with Crippen molar-refractivity contribution < 1.29 is 14.3 Å². The third-order valence-corrected chi connectivity index (χ3v) is 3.50. The van der Waals surface area contributed by atoms with Crippen molar-refractivity contribution in [1.82, 2.24) is 10.2 Å². The molecule has 1 rings (SSSR count). The van der Waals surface area contributed by atoms with Crippen molar-refractivity contribution in [2.75, 3.05) is 19.7 Å². The Morgan fingerprint density at radius 1 is 1.37 bits per heavy atom. The number of nitrogens with one attached hydrogen (secondary N) is 1. The molecule has 110 valence electrons. The Kier molecular flexibility index (Phi) is 5.94. The normalized spacial score (nSPS) is 26.2. The fourth-order valence-electron chi connectivity index (χ4n) is 2.33. The van der Waals surface area contributed by atoms with Crippen LogP contribution in [0.3, 0.4) is 0 Å². The summed E-state index contributed by atoms with van der Waals surface area (Å²) < 4.78 is 5.53. The number of Topliss-reactive ketones (excluding diaryl/α,β-unsaturated/α-hetero) is 1. The van der Waals surface area contributed by atoms with E-state index in [4.69, 9.17) is 4.74 Å². The van der Waals surface area contributed by atoms with Gasteiger partial charge in [-0.3, -0.25) is 14.5 Å². The summed E-state index contributed by atoms with van der Waals surface area (Å²) in [5.41, 5.74) is 0. The molecule has 0 spiro atoms. The second-order valence-electron chi connectivity index (χ2n) is 5.82. The zero-order valence-electron chi connectivity index (χ0n) is 12.6. The van der Waals surface area contributed by atoms with Crippen LogP contribution in [-0.2, 0) is 14.3 Å². The van der Waals surface area contributed by atoms with Crippen LogP contribution in [0.15, 0.2) is 0 Å². The lowest BCUT2D eigenvalue weighted by atomic mass is 10.0. The van der Waals surface area contributed by atoms with Gasteiger partial charge in [0.2, 0.25) is 5.91 Å². The number of hydrogen-bond donors (Lipinski definition) is 1. The third kappa shape index (κ3) is 4.91. The number of rotatable bonds is 5. The smallest absolute Gasteiger partial charge is 0.234 e. The van der Waals surface area contributed by atoms with Gasteiger partial charge in [-0.05, 0) is 26.7 Å². The second kappa shape index (κ2) is 7.01. The molecule has 0 bridgehead atoms. The number of carbonyl (C=O) groups excluding carboxylic acids is 2. The first-order chi connectivity index (χ1) is 8.81. The van der Waals surface area contributed by atoms with Crippen molar-refractivity contribution in [2.24, 2.45) is 5.92 Å². The van der Waals surface area contributed by atoms with E-state index < -0.39 is 0 Å². The molecule has 3 atom stereocenters. The third-order valence-electron chi connectivity index (χ3n) is 3.50. The first-order valence-corrected chi connectivity index (χ1v) is 6.96. The molecule has 0 saturated carbocycles. The van der Waals surface area contributed by atoms with E-state index >= 15 is 0 Å². The first-order valence-electron chi connectivity index (χ1n) is 6.96. The SMILES string of the molecule is CC(=O)[C@H](NC(=O)CN1C[C@H](C)OC[C@H]1C)C(C)C. The molecule has 1 saturated heterocycles. The van der Waals surface area contributed by atoms with Gasteiger partial charge in [0.05, 0.1) is 25.3 Å². The average Bonchev–Trinajstić information content (AvgIpc) is 2.30. The zero-order chi connectivity index (χ0) is 14.6. The second-order valence-corrected chi connectivity index (χ2v) is 5.82. The zero-order valence-corrected chi connectivity index (χ0v) is 12.6. The number of ether oxygens (including phenoxy) is 1. The molecule has 1 fully saturated rings. The lowest BCUT2D eigenvalue weighted by Gasteiger charge is -2.36. The fourth-order valence-corrected chi connectivity index (χ4v) is 2.33. The molecule has 0 radical (unpaired) electrons. The van der Waals surface area contributed by atoms with Gasteiger partial charge in [-0.1, -0.05) is 13.8 Å². The molecule has 0 aromatic heterocycles. The van der Waals surface area contributed by atoms with Crippen molar-refractivity contribution >= 4 is 11.7 Å². The predicted molar refractivity (Wildman–Crippen MR) is 73.9 cm³/mol. The number of carbonyl (C=O) groups is 2. The summed E-state index contributed by atoms with van der Waals surface area (Å²) in [7, 11) is 0. The van der Waals surface area contributed by atoms with Crippen LogP contribution in [0.1, 0.15) is 34.6 Å². The Hall–Kier alpha value is -0.940. The molecule has 19 heavy (non-hydrogen) atoms. The number of hydrogen-bond acceptors (Lipinski definition) is 4. The molecular formula is C14H26N2O3. The number of ketones is 1. The molecular weight excluding hydrogens is 244 g/mol. The van der Waals surface area contributed by atoms with Crippen molar-refractivity contribution in [1.29, 1.82) is 0 Å². The van der Waals surface area contributed by atoms with Crippen LogP contribution in [0.4, 0.5) is 0 Å². The van der Waals surface area contributed by atoms with Gasteiger partial charge in [-0.2, -0.15) is 0 Å². The molecule has 1 heterocycles. The Labute approximate surface area is 115 Å². The molecule has 5 nitrogen and oxygen atoms in total. The minimum absolute atomic E-state index is 0.00624. The molecule has 5 heteroatoms. The van der Waals surface area contributed by atoms with Gasteiger partial charge in [0.1, 0.15) is 0 Å².